The number of ether oxygens (including phenoxy) is 1. The Bertz CT molecular complexity index is 358. The molecule has 0 amide bonds. The highest BCUT2D eigenvalue weighted by Gasteiger charge is 2.28. The molecule has 0 radical (unpaired) electrons. The summed E-state index contributed by atoms with van der Waals surface area (Å²) >= 11 is 0. The van der Waals surface area contributed by atoms with Crippen molar-refractivity contribution in [1.29, 1.82) is 0 Å². The van der Waals surface area contributed by atoms with Crippen molar-refractivity contribution in [3.63, 3.8) is 0 Å². The Kier molecular flexibility index (Phi) is 3.24. The summed E-state index contributed by atoms with van der Waals surface area (Å²) < 4.78 is 5.56. The summed E-state index contributed by atoms with van der Waals surface area (Å²) in [5.74, 6) is 1.77. The van der Waals surface area contributed by atoms with Crippen molar-refractivity contribution in [3.05, 3.63) is 12.4 Å². The minimum atomic E-state index is 0.262. The molecule has 1 saturated heterocycles. The first-order chi connectivity index (χ1) is 7.72. The zero-order valence-electron chi connectivity index (χ0n) is 9.97. The fourth-order valence-electron chi connectivity index (χ4n) is 2.08. The van der Waals surface area contributed by atoms with Crippen molar-refractivity contribution < 1.29 is 4.74 Å². The lowest BCUT2D eigenvalue weighted by Gasteiger charge is -2.27. The van der Waals surface area contributed by atoms with Gasteiger partial charge in [0.1, 0.15) is 18.0 Å². The van der Waals surface area contributed by atoms with Crippen molar-refractivity contribution in [2.75, 3.05) is 30.9 Å². The Hall–Kier alpha value is -1.36. The topological polar surface area (TPSA) is 50.3 Å². The predicted octanol–water partition coefficient (Wildman–Crippen LogP) is 1.13. The number of anilines is 2. The average Bonchev–Trinajstić information content (AvgIpc) is 2.74. The van der Waals surface area contributed by atoms with E-state index in [4.69, 9.17) is 4.74 Å². The number of nitrogens with zero attached hydrogens (tertiary/aromatic N) is 3. The van der Waals surface area contributed by atoms with Crippen LogP contribution in [0.15, 0.2) is 12.4 Å². The number of rotatable bonds is 3. The van der Waals surface area contributed by atoms with Crippen LogP contribution in [0.1, 0.15) is 13.3 Å². The van der Waals surface area contributed by atoms with E-state index in [2.05, 4.69) is 34.2 Å². The first-order valence-corrected chi connectivity index (χ1v) is 5.56. The molecule has 1 aliphatic heterocycles. The quantitative estimate of drug-likeness (QED) is 0.831. The summed E-state index contributed by atoms with van der Waals surface area (Å²) in [7, 11) is 3.91. The van der Waals surface area contributed by atoms with E-state index in [1.54, 1.807) is 6.33 Å². The highest BCUT2D eigenvalue weighted by molar-refractivity contribution is 5.48. The van der Waals surface area contributed by atoms with E-state index in [1.807, 2.05) is 13.1 Å². The van der Waals surface area contributed by atoms with Gasteiger partial charge in [0.2, 0.25) is 0 Å². The van der Waals surface area contributed by atoms with Crippen molar-refractivity contribution in [2.45, 2.75) is 25.5 Å². The molecular weight excluding hydrogens is 204 g/mol. The van der Waals surface area contributed by atoms with Crippen LogP contribution in [0.4, 0.5) is 11.6 Å². The van der Waals surface area contributed by atoms with Gasteiger partial charge in [-0.25, -0.2) is 9.97 Å². The minimum Gasteiger partial charge on any atom is -0.376 e. The number of likely N-dealkylation sites (N-methyl/N-ethyl adjacent to an activating group) is 1. The summed E-state index contributed by atoms with van der Waals surface area (Å²) in [6.45, 7) is 2.94. The number of aromatic nitrogens is 2. The fourth-order valence-corrected chi connectivity index (χ4v) is 2.08. The molecule has 1 N–H and O–H groups in total. The lowest BCUT2D eigenvalue weighted by atomic mass is 10.1. The van der Waals surface area contributed by atoms with Crippen molar-refractivity contribution >= 4 is 11.6 Å². The molecule has 0 aliphatic carbocycles. The van der Waals surface area contributed by atoms with Gasteiger partial charge in [0, 0.05) is 26.8 Å². The Morgan fingerprint density at radius 1 is 1.50 bits per heavy atom. The Labute approximate surface area is 95.8 Å². The van der Waals surface area contributed by atoms with Crippen LogP contribution in [0.2, 0.25) is 0 Å². The van der Waals surface area contributed by atoms with Crippen LogP contribution < -0.4 is 10.2 Å². The van der Waals surface area contributed by atoms with Crippen molar-refractivity contribution in [3.8, 4) is 0 Å². The van der Waals surface area contributed by atoms with Gasteiger partial charge in [-0.15, -0.1) is 0 Å². The summed E-state index contributed by atoms with van der Waals surface area (Å²) in [4.78, 5) is 10.6. The normalized spacial score (nSPS) is 24.4. The van der Waals surface area contributed by atoms with Gasteiger partial charge in [0.15, 0.2) is 0 Å². The summed E-state index contributed by atoms with van der Waals surface area (Å²) in [5, 5.41) is 3.01. The molecule has 0 aromatic carbocycles. The van der Waals surface area contributed by atoms with Gasteiger partial charge in [-0.1, -0.05) is 0 Å². The molecule has 0 bridgehead atoms. The van der Waals surface area contributed by atoms with Crippen LogP contribution in [0.25, 0.3) is 0 Å². The zero-order chi connectivity index (χ0) is 11.5. The van der Waals surface area contributed by atoms with E-state index in [-0.39, 0.29) is 6.10 Å². The first kappa shape index (κ1) is 11.1. The van der Waals surface area contributed by atoms with Crippen molar-refractivity contribution in [1.82, 2.24) is 9.97 Å². The summed E-state index contributed by atoms with van der Waals surface area (Å²) in [6.07, 6.45) is 2.90. The van der Waals surface area contributed by atoms with Gasteiger partial charge in [0.05, 0.1) is 12.1 Å². The SMILES string of the molecule is CNc1cc(N(C)C2CCOC2C)ncn1. The lowest BCUT2D eigenvalue weighted by Crippen LogP contribution is -2.37. The highest BCUT2D eigenvalue weighted by Crippen LogP contribution is 2.23. The van der Waals surface area contributed by atoms with Crippen LogP contribution >= 0.6 is 0 Å². The van der Waals surface area contributed by atoms with Crippen LogP contribution in [0.3, 0.4) is 0 Å². The molecule has 0 spiro atoms. The van der Waals surface area contributed by atoms with Gasteiger partial charge >= 0.3 is 0 Å². The standard InChI is InChI=1S/C11H18N4O/c1-8-9(4-5-16-8)15(3)11-6-10(12-2)13-7-14-11/h6-9H,4-5H2,1-3H3,(H,12,13,14). The van der Waals surface area contributed by atoms with E-state index in [0.29, 0.717) is 6.04 Å². The molecule has 2 unspecified atom stereocenters. The van der Waals surface area contributed by atoms with Gasteiger partial charge < -0.3 is 15.0 Å². The largest absolute Gasteiger partial charge is 0.376 e. The van der Waals surface area contributed by atoms with Crippen LogP contribution in [-0.4, -0.2) is 42.8 Å². The Morgan fingerprint density at radius 3 is 2.94 bits per heavy atom. The maximum Gasteiger partial charge on any atom is 0.134 e. The third-order valence-corrected chi connectivity index (χ3v) is 3.10. The van der Waals surface area contributed by atoms with E-state index >= 15 is 0 Å². The fraction of sp³-hybridized carbons (Fsp3) is 0.636. The van der Waals surface area contributed by atoms with E-state index in [9.17, 15) is 0 Å². The maximum absolute atomic E-state index is 5.56. The highest BCUT2D eigenvalue weighted by atomic mass is 16.5. The average molecular weight is 222 g/mol. The number of nitrogens with one attached hydrogen (secondary N) is 1. The van der Waals surface area contributed by atoms with Gasteiger partial charge in [-0.05, 0) is 13.3 Å². The predicted molar refractivity (Wildman–Crippen MR) is 63.8 cm³/mol. The summed E-state index contributed by atoms with van der Waals surface area (Å²) in [5.41, 5.74) is 0. The van der Waals surface area contributed by atoms with Gasteiger partial charge in [-0.2, -0.15) is 0 Å². The monoisotopic (exact) mass is 222 g/mol. The van der Waals surface area contributed by atoms with E-state index < -0.39 is 0 Å². The van der Waals surface area contributed by atoms with E-state index in [0.717, 1.165) is 24.7 Å². The Balaban J connectivity index is 2.16. The van der Waals surface area contributed by atoms with Gasteiger partial charge in [0.25, 0.3) is 0 Å². The third kappa shape index (κ3) is 2.09. The zero-order valence-corrected chi connectivity index (χ0v) is 9.97. The molecule has 1 aromatic heterocycles. The molecule has 0 saturated carbocycles. The molecule has 5 nitrogen and oxygen atoms in total. The second-order valence-corrected chi connectivity index (χ2v) is 4.05. The molecule has 88 valence electrons. The lowest BCUT2D eigenvalue weighted by molar-refractivity contribution is 0.118. The molecule has 1 fully saturated rings. The Morgan fingerprint density at radius 2 is 2.31 bits per heavy atom. The summed E-state index contributed by atoms with van der Waals surface area (Å²) in [6, 6.07) is 2.35. The molecule has 2 rings (SSSR count). The smallest absolute Gasteiger partial charge is 0.134 e. The number of hydrogen-bond acceptors (Lipinski definition) is 5. The second kappa shape index (κ2) is 4.65. The van der Waals surface area contributed by atoms with Crippen LogP contribution in [0, 0.1) is 0 Å². The molecule has 2 heterocycles. The number of hydrogen-bond donors (Lipinski definition) is 1. The van der Waals surface area contributed by atoms with Gasteiger partial charge in [-0.3, -0.25) is 0 Å². The molecule has 1 aliphatic rings. The maximum atomic E-state index is 5.56. The van der Waals surface area contributed by atoms with Crippen molar-refractivity contribution in [2.24, 2.45) is 0 Å². The molecule has 16 heavy (non-hydrogen) atoms. The van der Waals surface area contributed by atoms with Crippen LogP contribution in [-0.2, 0) is 4.74 Å². The molecule has 5 heteroatoms. The van der Waals surface area contributed by atoms with Crippen LogP contribution in [0.5, 0.6) is 0 Å². The second-order valence-electron chi connectivity index (χ2n) is 4.05. The van der Waals surface area contributed by atoms with E-state index in [1.165, 1.54) is 0 Å². The third-order valence-electron chi connectivity index (χ3n) is 3.10. The minimum absolute atomic E-state index is 0.262. The molecular formula is C11H18N4O. The first-order valence-electron chi connectivity index (χ1n) is 5.56. The molecule has 1 aromatic rings. The molecule has 2 atom stereocenters.